The summed E-state index contributed by atoms with van der Waals surface area (Å²) in [5.74, 6) is -1.34. The number of halogens is 5. The molecule has 0 atom stereocenters. The van der Waals surface area contributed by atoms with Crippen LogP contribution in [0.5, 0.6) is 5.75 Å². The highest BCUT2D eigenvalue weighted by atomic mass is 35.5. The Morgan fingerprint density at radius 2 is 1.44 bits per heavy atom. The van der Waals surface area contributed by atoms with Crippen molar-refractivity contribution in [3.8, 4) is 5.75 Å². The summed E-state index contributed by atoms with van der Waals surface area (Å²) in [6.07, 6.45) is 0. The molecule has 0 spiro atoms. The Hall–Kier alpha value is -1.37. The van der Waals surface area contributed by atoms with Gasteiger partial charge in [0.25, 0.3) is 11.8 Å². The maximum Gasteiger partial charge on any atom is 0.262 e. The number of primary amides is 1. The molecule has 0 radical (unpaired) electrons. The zero-order valence-electron chi connectivity index (χ0n) is 12.2. The fraction of sp³-hybridized carbons (Fsp3) is 0.0667. The number of para-hydroxylation sites is 1. The molecule has 0 bridgehead atoms. The van der Waals surface area contributed by atoms with E-state index in [4.69, 9.17) is 68.5 Å². The summed E-state index contributed by atoms with van der Waals surface area (Å²) in [5.41, 5.74) is 5.64. The largest absolute Gasteiger partial charge is 0.481 e. The number of hydrogen-bond donors (Lipinski definition) is 2. The quantitative estimate of drug-likeness (QED) is 0.501. The van der Waals surface area contributed by atoms with Crippen molar-refractivity contribution in [2.45, 2.75) is 0 Å². The van der Waals surface area contributed by atoms with Crippen LogP contribution in [0, 0.1) is 0 Å². The minimum absolute atomic E-state index is 0.0227. The van der Waals surface area contributed by atoms with Gasteiger partial charge < -0.3 is 15.8 Å². The van der Waals surface area contributed by atoms with Crippen molar-refractivity contribution in [1.82, 2.24) is 0 Å². The van der Waals surface area contributed by atoms with Gasteiger partial charge in [0.05, 0.1) is 26.3 Å². The number of hydrogen-bond acceptors (Lipinski definition) is 3. The van der Waals surface area contributed by atoms with Crippen LogP contribution in [0.3, 0.4) is 0 Å². The third-order valence-corrected chi connectivity index (χ3v) is 5.23. The maximum atomic E-state index is 12.1. The predicted octanol–water partition coefficient (Wildman–Crippen LogP) is 5.07. The molecule has 3 N–H and O–H groups in total. The Labute approximate surface area is 167 Å². The first kappa shape index (κ1) is 19.9. The summed E-state index contributed by atoms with van der Waals surface area (Å²) in [7, 11) is 0. The smallest absolute Gasteiger partial charge is 0.262 e. The summed E-state index contributed by atoms with van der Waals surface area (Å²) in [6, 6.07) is 6.25. The third-order valence-electron chi connectivity index (χ3n) is 2.98. The second-order valence-electron chi connectivity index (χ2n) is 4.65. The molecule has 0 saturated heterocycles. The lowest BCUT2D eigenvalue weighted by Crippen LogP contribution is -2.23. The summed E-state index contributed by atoms with van der Waals surface area (Å²) >= 11 is 29.7. The van der Waals surface area contributed by atoms with E-state index in [9.17, 15) is 9.59 Å². The fourth-order valence-electron chi connectivity index (χ4n) is 1.84. The second kappa shape index (κ2) is 8.34. The first-order valence-corrected chi connectivity index (χ1v) is 8.46. The van der Waals surface area contributed by atoms with Crippen molar-refractivity contribution in [2.24, 2.45) is 5.73 Å². The fourth-order valence-corrected chi connectivity index (χ4v) is 3.07. The molecule has 5 nitrogen and oxygen atoms in total. The minimum Gasteiger partial charge on any atom is -0.481 e. The molecule has 0 unspecified atom stereocenters. The van der Waals surface area contributed by atoms with Gasteiger partial charge in [-0.2, -0.15) is 0 Å². The van der Waals surface area contributed by atoms with Gasteiger partial charge in [0, 0.05) is 0 Å². The molecule has 0 aliphatic heterocycles. The van der Waals surface area contributed by atoms with Gasteiger partial charge in [-0.25, -0.2) is 0 Å². The molecule has 0 aliphatic carbocycles. The van der Waals surface area contributed by atoms with Gasteiger partial charge in [-0.05, 0) is 12.1 Å². The molecule has 2 aromatic carbocycles. The molecule has 132 valence electrons. The molecule has 2 aromatic rings. The van der Waals surface area contributed by atoms with E-state index in [1.54, 1.807) is 12.1 Å². The van der Waals surface area contributed by atoms with Crippen molar-refractivity contribution < 1.29 is 14.3 Å². The average molecular weight is 443 g/mol. The SMILES string of the molecule is NC(=O)c1ccccc1NC(=O)COc1c(Cl)c(Cl)c(Cl)c(Cl)c1Cl. The molecule has 0 fully saturated rings. The monoisotopic (exact) mass is 440 g/mol. The molecular weight excluding hydrogens is 433 g/mol. The van der Waals surface area contributed by atoms with Gasteiger partial charge in [-0.15, -0.1) is 0 Å². The number of rotatable bonds is 5. The van der Waals surface area contributed by atoms with E-state index in [-0.39, 0.29) is 42.1 Å². The number of nitrogens with one attached hydrogen (secondary N) is 1. The van der Waals surface area contributed by atoms with E-state index in [1.165, 1.54) is 12.1 Å². The molecule has 10 heteroatoms. The molecule has 2 rings (SSSR count). The van der Waals surface area contributed by atoms with Crippen LogP contribution in [0.1, 0.15) is 10.4 Å². The van der Waals surface area contributed by atoms with Crippen molar-refractivity contribution in [2.75, 3.05) is 11.9 Å². The topological polar surface area (TPSA) is 81.4 Å². The number of ether oxygens (including phenoxy) is 1. The molecule has 0 aromatic heterocycles. The van der Waals surface area contributed by atoms with Crippen LogP contribution in [-0.2, 0) is 4.79 Å². The first-order valence-electron chi connectivity index (χ1n) is 6.57. The normalized spacial score (nSPS) is 10.4. The number of carbonyl (C=O) groups is 2. The third kappa shape index (κ3) is 4.43. The second-order valence-corrected chi connectivity index (χ2v) is 6.54. The zero-order chi connectivity index (χ0) is 18.7. The molecule has 0 saturated carbocycles. The molecule has 25 heavy (non-hydrogen) atoms. The Kier molecular flexibility index (Phi) is 6.65. The van der Waals surface area contributed by atoms with E-state index in [0.29, 0.717) is 0 Å². The van der Waals surface area contributed by atoms with Gasteiger partial charge in [0.15, 0.2) is 12.4 Å². The van der Waals surface area contributed by atoms with E-state index in [2.05, 4.69) is 5.32 Å². The molecular formula is C15H9Cl5N2O3. The van der Waals surface area contributed by atoms with Gasteiger partial charge in [0.1, 0.15) is 10.0 Å². The predicted molar refractivity (Wildman–Crippen MR) is 101 cm³/mol. The standard InChI is InChI=1S/C15H9Cl5N2O3/c16-9-10(17)12(19)14(13(20)11(9)18)25-5-8(23)22-7-4-2-1-3-6(7)15(21)24/h1-4H,5H2,(H2,21,24)(H,22,23). The van der Waals surface area contributed by atoms with Crippen LogP contribution < -0.4 is 15.8 Å². The van der Waals surface area contributed by atoms with Crippen molar-refractivity contribution in [3.05, 3.63) is 54.9 Å². The molecule has 0 heterocycles. The average Bonchev–Trinajstić information content (AvgIpc) is 2.58. The van der Waals surface area contributed by atoms with Crippen molar-refractivity contribution >= 4 is 75.5 Å². The number of benzene rings is 2. The van der Waals surface area contributed by atoms with Gasteiger partial charge in [-0.3, -0.25) is 9.59 Å². The number of amides is 2. The lowest BCUT2D eigenvalue weighted by molar-refractivity contribution is -0.118. The van der Waals surface area contributed by atoms with Crippen LogP contribution in [0.15, 0.2) is 24.3 Å². The summed E-state index contributed by atoms with van der Waals surface area (Å²) in [6.45, 7) is -0.471. The Morgan fingerprint density at radius 1 is 0.920 bits per heavy atom. The Bertz CT molecular complexity index is 828. The first-order chi connectivity index (χ1) is 11.7. The maximum absolute atomic E-state index is 12.1. The van der Waals surface area contributed by atoms with Crippen molar-refractivity contribution in [1.29, 1.82) is 0 Å². The zero-order valence-corrected chi connectivity index (χ0v) is 16.0. The molecule has 0 aliphatic rings. The minimum atomic E-state index is -0.681. The number of carbonyl (C=O) groups excluding carboxylic acids is 2. The van der Waals surface area contributed by atoms with E-state index in [0.717, 1.165) is 0 Å². The number of nitrogens with two attached hydrogens (primary N) is 1. The van der Waals surface area contributed by atoms with E-state index in [1.807, 2.05) is 0 Å². The van der Waals surface area contributed by atoms with E-state index >= 15 is 0 Å². The Morgan fingerprint density at radius 3 is 2.00 bits per heavy atom. The summed E-state index contributed by atoms with van der Waals surface area (Å²) < 4.78 is 5.30. The van der Waals surface area contributed by atoms with Gasteiger partial charge in [0.2, 0.25) is 0 Å². The van der Waals surface area contributed by atoms with E-state index < -0.39 is 18.4 Å². The van der Waals surface area contributed by atoms with Crippen LogP contribution in [0.2, 0.25) is 25.1 Å². The highest BCUT2D eigenvalue weighted by molar-refractivity contribution is 6.55. The van der Waals surface area contributed by atoms with Crippen LogP contribution in [0.25, 0.3) is 0 Å². The van der Waals surface area contributed by atoms with Crippen molar-refractivity contribution in [3.63, 3.8) is 0 Å². The lowest BCUT2D eigenvalue weighted by Gasteiger charge is -2.14. The van der Waals surface area contributed by atoms with Gasteiger partial charge in [-0.1, -0.05) is 70.1 Å². The Balaban J connectivity index is 2.16. The summed E-state index contributed by atoms with van der Waals surface area (Å²) in [5, 5.41) is 2.22. The van der Waals surface area contributed by atoms with Crippen LogP contribution in [0.4, 0.5) is 5.69 Å². The summed E-state index contributed by atoms with van der Waals surface area (Å²) in [4.78, 5) is 23.4. The highest BCUT2D eigenvalue weighted by Gasteiger charge is 2.21. The van der Waals surface area contributed by atoms with Gasteiger partial charge >= 0.3 is 0 Å². The number of anilines is 1. The lowest BCUT2D eigenvalue weighted by atomic mass is 10.1. The highest BCUT2D eigenvalue weighted by Crippen LogP contribution is 2.48. The van der Waals surface area contributed by atoms with Crippen LogP contribution in [-0.4, -0.2) is 18.4 Å². The molecule has 2 amide bonds. The van der Waals surface area contributed by atoms with Crippen LogP contribution >= 0.6 is 58.0 Å².